The summed E-state index contributed by atoms with van der Waals surface area (Å²) >= 11 is 0. The van der Waals surface area contributed by atoms with Gasteiger partial charge >= 0.3 is 0 Å². The molecule has 0 N–H and O–H groups in total. The van der Waals surface area contributed by atoms with Gasteiger partial charge < -0.3 is 4.74 Å². The van der Waals surface area contributed by atoms with Crippen LogP contribution in [0.5, 0.6) is 5.75 Å². The van der Waals surface area contributed by atoms with Crippen LogP contribution in [-0.4, -0.2) is 18.4 Å². The average Bonchev–Trinajstić information content (AvgIpc) is 2.27. The first-order valence-electron chi connectivity index (χ1n) is 4.24. The zero-order valence-corrected chi connectivity index (χ0v) is 7.73. The summed E-state index contributed by atoms with van der Waals surface area (Å²) in [5, 5.41) is 0.917. The third-order valence-electron chi connectivity index (χ3n) is 2.05. The summed E-state index contributed by atoms with van der Waals surface area (Å²) < 4.78 is 5.17. The number of hydrogen-bond donors (Lipinski definition) is 0. The van der Waals surface area contributed by atoms with E-state index in [1.165, 1.54) is 0 Å². The molecule has 0 fully saturated rings. The summed E-state index contributed by atoms with van der Waals surface area (Å²) in [5.41, 5.74) is 1.21. The highest BCUT2D eigenvalue weighted by Gasteiger charge is 2.01. The molecule has 0 aliphatic rings. The van der Waals surface area contributed by atoms with Crippen LogP contribution >= 0.6 is 0 Å². The Bertz CT molecular complexity index is 480. The molecule has 1 aromatic heterocycles. The molecule has 70 valence electrons. The molecule has 3 heteroatoms. The molecule has 0 unspecified atom stereocenters. The Morgan fingerprint density at radius 1 is 1.29 bits per heavy atom. The molecular weight excluding hydrogens is 178 g/mol. The Hall–Kier alpha value is -1.90. The fourth-order valence-corrected chi connectivity index (χ4v) is 1.39. The number of benzene rings is 1. The van der Waals surface area contributed by atoms with Gasteiger partial charge in [-0.25, -0.2) is 4.98 Å². The number of aromatic nitrogens is 1. The minimum Gasteiger partial charge on any atom is -0.496 e. The van der Waals surface area contributed by atoms with E-state index in [1.807, 2.05) is 24.3 Å². The fourth-order valence-electron chi connectivity index (χ4n) is 1.39. The summed E-state index contributed by atoms with van der Waals surface area (Å²) in [6.45, 7) is 0. The van der Waals surface area contributed by atoms with Crippen molar-refractivity contribution in [1.82, 2.24) is 4.98 Å². The lowest BCUT2D eigenvalue weighted by Gasteiger charge is -2.03. The van der Waals surface area contributed by atoms with Gasteiger partial charge in [0.15, 0.2) is 6.29 Å². The van der Waals surface area contributed by atoms with E-state index in [9.17, 15) is 4.79 Å². The smallest absolute Gasteiger partial charge is 0.168 e. The van der Waals surface area contributed by atoms with Gasteiger partial charge in [-0.3, -0.25) is 4.79 Å². The zero-order chi connectivity index (χ0) is 9.97. The predicted molar refractivity (Wildman–Crippen MR) is 53.7 cm³/mol. The van der Waals surface area contributed by atoms with Crippen molar-refractivity contribution in [3.05, 3.63) is 36.0 Å². The van der Waals surface area contributed by atoms with E-state index < -0.39 is 0 Å². The third kappa shape index (κ3) is 1.33. The molecule has 0 saturated heterocycles. The van der Waals surface area contributed by atoms with Gasteiger partial charge in [-0.2, -0.15) is 0 Å². The fraction of sp³-hybridized carbons (Fsp3) is 0.0909. The van der Waals surface area contributed by atoms with Gasteiger partial charge in [0.2, 0.25) is 0 Å². The maximum Gasteiger partial charge on any atom is 0.168 e. The molecule has 1 aromatic carbocycles. The monoisotopic (exact) mass is 187 g/mol. The summed E-state index contributed by atoms with van der Waals surface area (Å²) in [7, 11) is 1.61. The van der Waals surface area contributed by atoms with Crippen LogP contribution in [0.3, 0.4) is 0 Å². The zero-order valence-electron chi connectivity index (χ0n) is 7.73. The topological polar surface area (TPSA) is 39.2 Å². The SMILES string of the molecule is COc1cccc2nc(C=O)ccc12. The molecule has 1 heterocycles. The normalized spacial score (nSPS) is 10.1. The lowest BCUT2D eigenvalue weighted by atomic mass is 10.2. The van der Waals surface area contributed by atoms with Crippen LogP contribution in [0.2, 0.25) is 0 Å². The Morgan fingerprint density at radius 3 is 2.86 bits per heavy atom. The minimum absolute atomic E-state index is 0.436. The molecule has 0 aliphatic heterocycles. The number of rotatable bonds is 2. The second-order valence-corrected chi connectivity index (χ2v) is 2.88. The number of nitrogens with zero attached hydrogens (tertiary/aromatic N) is 1. The molecule has 2 aromatic rings. The van der Waals surface area contributed by atoms with Crippen molar-refractivity contribution in [1.29, 1.82) is 0 Å². The Labute approximate surface area is 81.3 Å². The average molecular weight is 187 g/mol. The van der Waals surface area contributed by atoms with E-state index in [0.717, 1.165) is 22.9 Å². The van der Waals surface area contributed by atoms with Crippen molar-refractivity contribution < 1.29 is 9.53 Å². The first kappa shape index (κ1) is 8.69. The molecular formula is C11H9NO2. The maximum absolute atomic E-state index is 10.5. The number of carbonyl (C=O) groups is 1. The molecule has 0 radical (unpaired) electrons. The van der Waals surface area contributed by atoms with Gasteiger partial charge in [0.25, 0.3) is 0 Å². The van der Waals surface area contributed by atoms with Crippen molar-refractivity contribution in [2.75, 3.05) is 7.11 Å². The van der Waals surface area contributed by atoms with Crippen LogP contribution in [-0.2, 0) is 0 Å². The number of methoxy groups -OCH3 is 1. The molecule has 0 bridgehead atoms. The van der Waals surface area contributed by atoms with Crippen LogP contribution in [0.1, 0.15) is 10.5 Å². The van der Waals surface area contributed by atoms with Crippen molar-refractivity contribution >= 4 is 17.2 Å². The van der Waals surface area contributed by atoms with Crippen molar-refractivity contribution in [2.24, 2.45) is 0 Å². The van der Waals surface area contributed by atoms with Crippen molar-refractivity contribution in [3.8, 4) is 5.75 Å². The number of aldehydes is 1. The maximum atomic E-state index is 10.5. The third-order valence-corrected chi connectivity index (χ3v) is 2.05. The van der Waals surface area contributed by atoms with E-state index in [4.69, 9.17) is 4.74 Å². The molecule has 14 heavy (non-hydrogen) atoms. The lowest BCUT2D eigenvalue weighted by Crippen LogP contribution is -1.90. The molecule has 2 rings (SSSR count). The van der Waals surface area contributed by atoms with E-state index in [2.05, 4.69) is 4.98 Å². The second-order valence-electron chi connectivity index (χ2n) is 2.88. The summed E-state index contributed by atoms with van der Waals surface area (Å²) in [6.07, 6.45) is 0.735. The Kier molecular flexibility index (Phi) is 2.14. The van der Waals surface area contributed by atoms with Gasteiger partial charge in [-0.05, 0) is 24.3 Å². The summed E-state index contributed by atoms with van der Waals surface area (Å²) in [6, 6.07) is 9.08. The van der Waals surface area contributed by atoms with E-state index in [0.29, 0.717) is 5.69 Å². The van der Waals surface area contributed by atoms with Gasteiger partial charge in [-0.15, -0.1) is 0 Å². The van der Waals surface area contributed by atoms with Gasteiger partial charge in [0, 0.05) is 5.39 Å². The quantitative estimate of drug-likeness (QED) is 0.675. The van der Waals surface area contributed by atoms with Gasteiger partial charge in [0.1, 0.15) is 11.4 Å². The number of carbonyl (C=O) groups excluding carboxylic acids is 1. The van der Waals surface area contributed by atoms with Crippen LogP contribution < -0.4 is 4.74 Å². The number of pyridine rings is 1. The minimum atomic E-state index is 0.436. The first-order chi connectivity index (χ1) is 6.85. The number of fused-ring (bicyclic) bond motifs is 1. The first-order valence-corrected chi connectivity index (χ1v) is 4.24. The number of hydrogen-bond acceptors (Lipinski definition) is 3. The summed E-state index contributed by atoms with van der Waals surface area (Å²) in [5.74, 6) is 0.771. The van der Waals surface area contributed by atoms with Crippen molar-refractivity contribution in [3.63, 3.8) is 0 Å². The molecule has 0 aliphatic carbocycles. The van der Waals surface area contributed by atoms with Gasteiger partial charge in [-0.1, -0.05) is 6.07 Å². The molecule has 0 atom stereocenters. The van der Waals surface area contributed by atoms with Crippen LogP contribution in [0.15, 0.2) is 30.3 Å². The molecule has 3 nitrogen and oxygen atoms in total. The molecule has 0 amide bonds. The molecule has 0 saturated carbocycles. The van der Waals surface area contributed by atoms with Crippen molar-refractivity contribution in [2.45, 2.75) is 0 Å². The Morgan fingerprint density at radius 2 is 2.14 bits per heavy atom. The van der Waals surface area contributed by atoms with Crippen LogP contribution in [0, 0.1) is 0 Å². The second kappa shape index (κ2) is 3.46. The Balaban J connectivity index is 2.73. The van der Waals surface area contributed by atoms with E-state index in [1.54, 1.807) is 13.2 Å². The highest BCUT2D eigenvalue weighted by atomic mass is 16.5. The van der Waals surface area contributed by atoms with Crippen LogP contribution in [0.25, 0.3) is 10.9 Å². The highest BCUT2D eigenvalue weighted by Crippen LogP contribution is 2.23. The van der Waals surface area contributed by atoms with Crippen LogP contribution in [0.4, 0.5) is 0 Å². The van der Waals surface area contributed by atoms with E-state index in [-0.39, 0.29) is 0 Å². The number of ether oxygens (including phenoxy) is 1. The largest absolute Gasteiger partial charge is 0.496 e. The van der Waals surface area contributed by atoms with Gasteiger partial charge in [0.05, 0.1) is 12.6 Å². The van der Waals surface area contributed by atoms with E-state index >= 15 is 0 Å². The highest BCUT2D eigenvalue weighted by molar-refractivity contribution is 5.87. The lowest BCUT2D eigenvalue weighted by molar-refractivity contribution is 0.111. The molecule has 0 spiro atoms. The summed E-state index contributed by atoms with van der Waals surface area (Å²) in [4.78, 5) is 14.7. The predicted octanol–water partition coefficient (Wildman–Crippen LogP) is 2.06. The standard InChI is InChI=1S/C11H9NO2/c1-14-11-4-2-3-10-9(11)6-5-8(7-13)12-10/h2-7H,1H3.